The summed E-state index contributed by atoms with van der Waals surface area (Å²) in [5, 5.41) is 0. The molecular weight excluding hydrogens is 150 g/mol. The van der Waals surface area contributed by atoms with Gasteiger partial charge < -0.3 is 5.73 Å². The quantitative estimate of drug-likeness (QED) is 0.621. The van der Waals surface area contributed by atoms with Crippen LogP contribution in [-0.2, 0) is 12.8 Å². The van der Waals surface area contributed by atoms with Gasteiger partial charge >= 0.3 is 0 Å². The molecule has 0 aliphatic heterocycles. The minimum absolute atomic E-state index is 0.960. The van der Waals surface area contributed by atoms with Crippen LogP contribution in [0.15, 0.2) is 6.20 Å². The molecule has 0 radical (unpaired) electrons. The second-order valence-corrected chi connectivity index (χ2v) is 3.12. The molecule has 1 aromatic heterocycles. The molecule has 1 rings (SSSR count). The Morgan fingerprint density at radius 3 is 3.00 bits per heavy atom. The van der Waals surface area contributed by atoms with E-state index in [2.05, 4.69) is 28.8 Å². The van der Waals surface area contributed by atoms with Crippen molar-refractivity contribution in [1.82, 2.24) is 4.98 Å². The molecule has 0 aliphatic carbocycles. The summed E-state index contributed by atoms with van der Waals surface area (Å²) in [6, 6.07) is 0. The zero-order valence-corrected chi connectivity index (χ0v) is 7.82. The highest BCUT2D eigenvalue weighted by atomic mass is 14.9. The molecule has 0 fully saturated rings. The third-order valence-electron chi connectivity index (χ3n) is 1.96. The van der Waals surface area contributed by atoms with E-state index in [0.717, 1.165) is 19.4 Å². The second kappa shape index (κ2) is 4.93. The maximum absolute atomic E-state index is 3.82. The van der Waals surface area contributed by atoms with Gasteiger partial charge in [0.15, 0.2) is 0 Å². The summed E-state index contributed by atoms with van der Waals surface area (Å²) < 4.78 is 0. The summed E-state index contributed by atoms with van der Waals surface area (Å²) in [5.41, 5.74) is 5.09. The first kappa shape index (κ1) is 9.26. The molecule has 0 bridgehead atoms. The number of aryl methyl sites for hydroxylation is 1. The van der Waals surface area contributed by atoms with Crippen LogP contribution in [0.2, 0.25) is 0 Å². The van der Waals surface area contributed by atoms with Gasteiger partial charge in [-0.3, -0.25) is 0 Å². The van der Waals surface area contributed by atoms with Crippen molar-refractivity contribution in [2.24, 2.45) is 0 Å². The summed E-state index contributed by atoms with van der Waals surface area (Å²) >= 11 is 0. The molecule has 0 aromatic carbocycles. The van der Waals surface area contributed by atoms with E-state index in [-0.39, 0.29) is 0 Å². The van der Waals surface area contributed by atoms with Crippen LogP contribution >= 0.6 is 0 Å². The van der Waals surface area contributed by atoms with E-state index in [1.807, 2.05) is 0 Å². The molecular formula is C9H19N3+2. The summed E-state index contributed by atoms with van der Waals surface area (Å²) in [6.07, 6.45) is 6.73. The molecule has 1 aromatic rings. The van der Waals surface area contributed by atoms with Crippen molar-refractivity contribution in [2.75, 3.05) is 6.54 Å². The van der Waals surface area contributed by atoms with Gasteiger partial charge in [0.1, 0.15) is 11.9 Å². The summed E-state index contributed by atoms with van der Waals surface area (Å²) in [7, 11) is 0. The fourth-order valence-corrected chi connectivity index (χ4v) is 1.25. The Morgan fingerprint density at radius 2 is 2.33 bits per heavy atom. The smallest absolute Gasteiger partial charge is 0.252 e. The molecule has 3 nitrogen and oxygen atoms in total. The van der Waals surface area contributed by atoms with E-state index in [1.54, 1.807) is 0 Å². The standard InChI is InChI=1S/C9H17N3/c1-2-3-4-9-11-7-8(12-9)5-6-10/h7H,2-6,10H2,1H3,(H,11,12)/p+2. The average molecular weight is 169 g/mol. The highest BCUT2D eigenvalue weighted by molar-refractivity contribution is 4.94. The monoisotopic (exact) mass is 169 g/mol. The lowest BCUT2D eigenvalue weighted by Crippen LogP contribution is -2.51. The Bertz CT molecular complexity index is 217. The number of aromatic nitrogens is 2. The van der Waals surface area contributed by atoms with Gasteiger partial charge in [-0.15, -0.1) is 0 Å². The summed E-state index contributed by atoms with van der Waals surface area (Å²) in [6.45, 7) is 3.17. The third kappa shape index (κ3) is 2.66. The maximum atomic E-state index is 3.82. The normalized spacial score (nSPS) is 10.5. The summed E-state index contributed by atoms with van der Waals surface area (Å²) in [5.74, 6) is 1.25. The second-order valence-electron chi connectivity index (χ2n) is 3.12. The minimum Gasteiger partial charge on any atom is -0.357 e. The number of rotatable bonds is 5. The van der Waals surface area contributed by atoms with E-state index < -0.39 is 0 Å². The predicted octanol–water partition coefficient (Wildman–Crippen LogP) is -0.0442. The molecule has 0 saturated carbocycles. The van der Waals surface area contributed by atoms with E-state index in [9.17, 15) is 0 Å². The zero-order valence-electron chi connectivity index (χ0n) is 7.82. The van der Waals surface area contributed by atoms with Gasteiger partial charge in [-0.05, 0) is 6.42 Å². The molecule has 0 saturated heterocycles. The number of nitrogens with one attached hydrogen (secondary N) is 2. The van der Waals surface area contributed by atoms with Crippen LogP contribution in [-0.4, -0.2) is 11.5 Å². The van der Waals surface area contributed by atoms with Crippen LogP contribution in [0, 0.1) is 0 Å². The minimum atomic E-state index is 0.960. The predicted molar refractivity (Wildman–Crippen MR) is 47.4 cm³/mol. The molecule has 3 heteroatoms. The first-order valence-electron chi connectivity index (χ1n) is 4.74. The Kier molecular flexibility index (Phi) is 3.80. The maximum Gasteiger partial charge on any atom is 0.252 e. The number of imidazole rings is 1. The average Bonchev–Trinajstić information content (AvgIpc) is 2.50. The van der Waals surface area contributed by atoms with Gasteiger partial charge in [-0.1, -0.05) is 13.3 Å². The molecule has 0 spiro atoms. The van der Waals surface area contributed by atoms with E-state index >= 15 is 0 Å². The fourth-order valence-electron chi connectivity index (χ4n) is 1.25. The van der Waals surface area contributed by atoms with E-state index in [0.29, 0.717) is 0 Å². The van der Waals surface area contributed by atoms with Crippen LogP contribution in [0.5, 0.6) is 0 Å². The SMILES string of the molecule is CCCCc1[nH]c(CC[NH3+])c[nH+]1. The lowest BCUT2D eigenvalue weighted by atomic mass is 10.2. The first-order valence-corrected chi connectivity index (χ1v) is 4.74. The van der Waals surface area contributed by atoms with Crippen LogP contribution in [0.3, 0.4) is 0 Å². The lowest BCUT2D eigenvalue weighted by molar-refractivity contribution is -0.389. The van der Waals surface area contributed by atoms with E-state index in [4.69, 9.17) is 0 Å². The Labute approximate surface area is 73.4 Å². The number of quaternary nitrogens is 1. The topological polar surface area (TPSA) is 57.6 Å². The number of H-pyrrole nitrogens is 2. The number of hydrogen-bond donors (Lipinski definition) is 2. The molecule has 0 atom stereocenters. The highest BCUT2D eigenvalue weighted by Crippen LogP contribution is 1.98. The van der Waals surface area contributed by atoms with Crippen LogP contribution in [0.1, 0.15) is 31.3 Å². The van der Waals surface area contributed by atoms with E-state index in [1.165, 1.54) is 24.4 Å². The van der Waals surface area contributed by atoms with Crippen molar-refractivity contribution in [3.05, 3.63) is 17.7 Å². The largest absolute Gasteiger partial charge is 0.357 e. The van der Waals surface area contributed by atoms with Gasteiger partial charge in [0.05, 0.1) is 13.0 Å². The van der Waals surface area contributed by atoms with Crippen molar-refractivity contribution >= 4 is 0 Å². The zero-order chi connectivity index (χ0) is 8.81. The van der Waals surface area contributed by atoms with Crippen LogP contribution in [0.4, 0.5) is 0 Å². The van der Waals surface area contributed by atoms with Gasteiger partial charge in [0.25, 0.3) is 5.82 Å². The number of aromatic amines is 2. The van der Waals surface area contributed by atoms with Crippen LogP contribution in [0.25, 0.3) is 0 Å². The number of unbranched alkanes of at least 4 members (excludes halogenated alkanes) is 1. The molecule has 0 aliphatic rings. The Balaban J connectivity index is 2.41. The molecule has 0 unspecified atom stereocenters. The van der Waals surface area contributed by atoms with Crippen molar-refractivity contribution < 1.29 is 10.7 Å². The molecule has 0 amide bonds. The van der Waals surface area contributed by atoms with Gasteiger partial charge in [-0.2, -0.15) is 0 Å². The first-order chi connectivity index (χ1) is 5.86. The van der Waals surface area contributed by atoms with Crippen LogP contribution < -0.4 is 10.7 Å². The van der Waals surface area contributed by atoms with Crippen molar-refractivity contribution in [2.45, 2.75) is 32.6 Å². The Hall–Kier alpha value is -0.830. The highest BCUT2D eigenvalue weighted by Gasteiger charge is 2.06. The van der Waals surface area contributed by atoms with Gasteiger partial charge in [-0.25, -0.2) is 9.97 Å². The number of hydrogen-bond acceptors (Lipinski definition) is 0. The summed E-state index contributed by atoms with van der Waals surface area (Å²) in [4.78, 5) is 6.60. The Morgan fingerprint density at radius 1 is 1.50 bits per heavy atom. The third-order valence-corrected chi connectivity index (χ3v) is 1.96. The van der Waals surface area contributed by atoms with Gasteiger partial charge in [0.2, 0.25) is 0 Å². The van der Waals surface area contributed by atoms with Crippen molar-refractivity contribution in [1.29, 1.82) is 0 Å². The van der Waals surface area contributed by atoms with Gasteiger partial charge in [0, 0.05) is 6.42 Å². The molecule has 68 valence electrons. The molecule has 12 heavy (non-hydrogen) atoms. The van der Waals surface area contributed by atoms with Crippen molar-refractivity contribution in [3.63, 3.8) is 0 Å². The molecule has 5 N–H and O–H groups in total. The molecule has 1 heterocycles. The fraction of sp³-hybridized carbons (Fsp3) is 0.667. The lowest BCUT2D eigenvalue weighted by Gasteiger charge is -1.87. The van der Waals surface area contributed by atoms with Crippen molar-refractivity contribution in [3.8, 4) is 0 Å².